The lowest BCUT2D eigenvalue weighted by atomic mass is 10.0. The van der Waals surface area contributed by atoms with Crippen LogP contribution >= 0.6 is 0 Å². The van der Waals surface area contributed by atoms with Gasteiger partial charge in [-0.05, 0) is 0 Å². The number of hydrogen-bond donors (Lipinski definition) is 4. The number of aliphatic hydroxyl groups is 4. The second kappa shape index (κ2) is 3.46. The molecule has 5 heteroatoms. The third kappa shape index (κ3) is 1.69. The van der Waals surface area contributed by atoms with Crippen molar-refractivity contribution in [2.45, 2.75) is 18.3 Å². The Morgan fingerprint density at radius 2 is 2.09 bits per heavy atom. The number of ether oxygens (including phenoxy) is 1. The summed E-state index contributed by atoms with van der Waals surface area (Å²) in [5.74, 6) is 0. The lowest BCUT2D eigenvalue weighted by Crippen LogP contribution is -2.49. The predicted octanol–water partition coefficient (Wildman–Crippen LogP) is -2.00. The van der Waals surface area contributed by atoms with Gasteiger partial charge in [0.1, 0.15) is 18.3 Å². The van der Waals surface area contributed by atoms with Crippen molar-refractivity contribution in [2.75, 3.05) is 13.2 Å². The van der Waals surface area contributed by atoms with Crippen LogP contribution in [0.3, 0.4) is 0 Å². The number of rotatable bonds is 1. The summed E-state index contributed by atoms with van der Waals surface area (Å²) in [4.78, 5) is 0. The quantitative estimate of drug-likeness (QED) is 0.359. The summed E-state index contributed by atoms with van der Waals surface area (Å²) in [5.41, 5.74) is 0. The normalized spacial score (nSPS) is 40.9. The summed E-state index contributed by atoms with van der Waals surface area (Å²) in [6.07, 6.45) is -3.68. The molecule has 4 N–H and O–H groups in total. The molecule has 0 aromatic rings. The van der Waals surface area contributed by atoms with Crippen molar-refractivity contribution in [1.82, 2.24) is 0 Å². The Bertz CT molecular complexity index is 126. The van der Waals surface area contributed by atoms with Gasteiger partial charge in [0.2, 0.25) is 0 Å². The van der Waals surface area contributed by atoms with Gasteiger partial charge in [-0.25, -0.2) is 0 Å². The standard InChI is InChI=1S/C6H11O5/c7-1-4-6(10)5(9)3(8)2-11-4/h3-5,7-10H,1-2H2/t3-,4-,5-/m1/s1. The Labute approximate surface area is 63.8 Å². The van der Waals surface area contributed by atoms with E-state index >= 15 is 0 Å². The van der Waals surface area contributed by atoms with Crippen LogP contribution < -0.4 is 0 Å². The first kappa shape index (κ1) is 8.89. The van der Waals surface area contributed by atoms with Crippen LogP contribution in [0.4, 0.5) is 0 Å². The topological polar surface area (TPSA) is 90.2 Å². The summed E-state index contributed by atoms with van der Waals surface area (Å²) in [5, 5.41) is 35.5. The summed E-state index contributed by atoms with van der Waals surface area (Å²) in [6.45, 7) is -0.466. The van der Waals surface area contributed by atoms with Crippen molar-refractivity contribution in [3.63, 3.8) is 0 Å². The van der Waals surface area contributed by atoms with Crippen LogP contribution in [0.2, 0.25) is 0 Å². The van der Waals surface area contributed by atoms with Gasteiger partial charge < -0.3 is 25.2 Å². The third-order valence-corrected chi connectivity index (χ3v) is 1.63. The molecular weight excluding hydrogens is 152 g/mol. The highest BCUT2D eigenvalue weighted by Gasteiger charge is 2.37. The molecule has 1 rings (SSSR count). The molecule has 1 heterocycles. The molecule has 1 fully saturated rings. The zero-order valence-electron chi connectivity index (χ0n) is 5.84. The zero-order valence-corrected chi connectivity index (χ0v) is 5.84. The molecule has 65 valence electrons. The van der Waals surface area contributed by atoms with Crippen molar-refractivity contribution in [3.8, 4) is 0 Å². The van der Waals surface area contributed by atoms with E-state index in [1.165, 1.54) is 0 Å². The molecule has 11 heavy (non-hydrogen) atoms. The fourth-order valence-corrected chi connectivity index (χ4v) is 0.925. The van der Waals surface area contributed by atoms with Crippen LogP contribution in [0.25, 0.3) is 0 Å². The van der Waals surface area contributed by atoms with Crippen LogP contribution in [-0.4, -0.2) is 52.0 Å². The molecule has 0 saturated carbocycles. The van der Waals surface area contributed by atoms with Crippen LogP contribution in [0.5, 0.6) is 0 Å². The van der Waals surface area contributed by atoms with E-state index in [0.717, 1.165) is 0 Å². The minimum absolute atomic E-state index is 0.0730. The number of aliphatic hydroxyl groups excluding tert-OH is 4. The van der Waals surface area contributed by atoms with Gasteiger partial charge in [0.25, 0.3) is 0 Å². The van der Waals surface area contributed by atoms with Crippen LogP contribution in [-0.2, 0) is 4.74 Å². The highest BCUT2D eigenvalue weighted by molar-refractivity contribution is 5.00. The van der Waals surface area contributed by atoms with Gasteiger partial charge in [0.05, 0.1) is 13.2 Å². The molecule has 0 bridgehead atoms. The molecule has 1 aliphatic heterocycles. The Kier molecular flexibility index (Phi) is 2.80. The molecule has 0 amide bonds. The maximum atomic E-state index is 9.03. The molecule has 0 aromatic heterocycles. The molecule has 3 atom stereocenters. The van der Waals surface area contributed by atoms with E-state index in [4.69, 9.17) is 25.2 Å². The smallest absolute Gasteiger partial charge is 0.155 e. The van der Waals surface area contributed by atoms with Crippen molar-refractivity contribution in [3.05, 3.63) is 6.10 Å². The largest absolute Gasteiger partial charge is 0.394 e. The predicted molar refractivity (Wildman–Crippen MR) is 34.0 cm³/mol. The average Bonchev–Trinajstić information content (AvgIpc) is 2.01. The fourth-order valence-electron chi connectivity index (χ4n) is 0.925. The molecule has 0 aromatic carbocycles. The average molecular weight is 163 g/mol. The highest BCUT2D eigenvalue weighted by atomic mass is 16.5. The Hall–Kier alpha value is -0.200. The van der Waals surface area contributed by atoms with Crippen molar-refractivity contribution in [1.29, 1.82) is 0 Å². The minimum Gasteiger partial charge on any atom is -0.394 e. The van der Waals surface area contributed by atoms with Crippen molar-refractivity contribution in [2.24, 2.45) is 0 Å². The maximum Gasteiger partial charge on any atom is 0.155 e. The fraction of sp³-hybridized carbons (Fsp3) is 0.833. The lowest BCUT2D eigenvalue weighted by molar-refractivity contribution is -0.150. The molecule has 1 aliphatic rings. The summed E-state index contributed by atoms with van der Waals surface area (Å²) >= 11 is 0. The lowest BCUT2D eigenvalue weighted by Gasteiger charge is -2.33. The van der Waals surface area contributed by atoms with E-state index in [2.05, 4.69) is 0 Å². The van der Waals surface area contributed by atoms with E-state index in [1.807, 2.05) is 0 Å². The zero-order chi connectivity index (χ0) is 8.43. The first-order valence-corrected chi connectivity index (χ1v) is 3.31. The van der Waals surface area contributed by atoms with E-state index in [1.54, 1.807) is 0 Å². The molecular formula is C6H11O5. The van der Waals surface area contributed by atoms with Gasteiger partial charge in [0.15, 0.2) is 6.10 Å². The molecule has 1 radical (unpaired) electrons. The van der Waals surface area contributed by atoms with Gasteiger partial charge in [0, 0.05) is 0 Å². The molecule has 0 aliphatic carbocycles. The molecule has 1 saturated heterocycles. The second-order valence-electron chi connectivity index (χ2n) is 2.44. The van der Waals surface area contributed by atoms with E-state index < -0.39 is 31.0 Å². The monoisotopic (exact) mass is 163 g/mol. The third-order valence-electron chi connectivity index (χ3n) is 1.63. The van der Waals surface area contributed by atoms with Gasteiger partial charge >= 0.3 is 0 Å². The summed E-state index contributed by atoms with van der Waals surface area (Å²) < 4.78 is 4.78. The van der Waals surface area contributed by atoms with E-state index in [-0.39, 0.29) is 6.61 Å². The SMILES string of the molecule is OC[C@H]1OC[C@@H](O)[C@@H](O)[C]1O. The Morgan fingerprint density at radius 3 is 2.64 bits per heavy atom. The Balaban J connectivity index is 2.52. The van der Waals surface area contributed by atoms with Gasteiger partial charge in [-0.1, -0.05) is 0 Å². The summed E-state index contributed by atoms with van der Waals surface area (Å²) in [7, 11) is 0. The first-order chi connectivity index (χ1) is 5.16. The van der Waals surface area contributed by atoms with E-state index in [0.29, 0.717) is 0 Å². The van der Waals surface area contributed by atoms with Crippen molar-refractivity contribution >= 4 is 0 Å². The van der Waals surface area contributed by atoms with Crippen LogP contribution in [0.1, 0.15) is 0 Å². The van der Waals surface area contributed by atoms with Gasteiger partial charge in [-0.2, -0.15) is 0 Å². The van der Waals surface area contributed by atoms with Crippen LogP contribution in [0.15, 0.2) is 0 Å². The van der Waals surface area contributed by atoms with Crippen molar-refractivity contribution < 1.29 is 25.2 Å². The van der Waals surface area contributed by atoms with E-state index in [9.17, 15) is 0 Å². The Morgan fingerprint density at radius 1 is 1.45 bits per heavy atom. The highest BCUT2D eigenvalue weighted by Crippen LogP contribution is 2.20. The minimum atomic E-state index is -1.30. The summed E-state index contributed by atoms with van der Waals surface area (Å²) in [6, 6.07) is 0. The maximum absolute atomic E-state index is 9.03. The second-order valence-corrected chi connectivity index (χ2v) is 2.44. The molecule has 0 spiro atoms. The molecule has 5 nitrogen and oxygen atoms in total. The molecule has 0 unspecified atom stereocenters. The first-order valence-electron chi connectivity index (χ1n) is 3.31. The van der Waals surface area contributed by atoms with Crippen LogP contribution in [0, 0.1) is 6.10 Å². The van der Waals surface area contributed by atoms with Gasteiger partial charge in [-0.3, -0.25) is 0 Å². The number of hydrogen-bond acceptors (Lipinski definition) is 5. The van der Waals surface area contributed by atoms with Gasteiger partial charge in [-0.15, -0.1) is 0 Å².